The summed E-state index contributed by atoms with van der Waals surface area (Å²) < 4.78 is 21.8. The smallest absolute Gasteiger partial charge is 0.213 e. The topological polar surface area (TPSA) is 65.1 Å². The van der Waals surface area contributed by atoms with Gasteiger partial charge in [-0.3, -0.25) is 4.57 Å². The summed E-state index contributed by atoms with van der Waals surface area (Å²) in [6, 6.07) is 9.34. The summed E-state index contributed by atoms with van der Waals surface area (Å²) in [6.45, 7) is 0.124. The Kier molecular flexibility index (Phi) is 4.68. The van der Waals surface area contributed by atoms with Gasteiger partial charge in [-0.2, -0.15) is 5.10 Å². The lowest BCUT2D eigenvalue weighted by molar-refractivity contribution is 0.150. The molecule has 0 amide bonds. The van der Waals surface area contributed by atoms with Crippen molar-refractivity contribution < 1.29 is 14.2 Å². The Morgan fingerprint density at radius 1 is 1.33 bits per heavy atom. The maximum atomic E-state index is 13.3. The third kappa shape index (κ3) is 3.34. The zero-order valence-electron chi connectivity index (χ0n) is 12.8. The molecule has 3 aromatic rings. The Labute approximate surface area is 142 Å². The molecule has 0 bridgehead atoms. The fraction of sp³-hybridized carbons (Fsp3) is 0.188. The third-order valence-corrected chi connectivity index (χ3v) is 3.93. The Bertz CT molecular complexity index is 892. The van der Waals surface area contributed by atoms with Crippen molar-refractivity contribution in [2.75, 3.05) is 7.11 Å². The standard InChI is InChI=1S/C16H15FN4O2S/c1-23-15-6-5-13(8-18-15)20-10-19-21(16(20)24)9-14(22)11-3-2-4-12(17)7-11/h2-8,10,14,22H,9H2,1H3. The maximum absolute atomic E-state index is 13.3. The molecule has 0 aliphatic rings. The Morgan fingerprint density at radius 2 is 2.17 bits per heavy atom. The van der Waals surface area contributed by atoms with Crippen LogP contribution in [0.5, 0.6) is 5.88 Å². The first-order valence-electron chi connectivity index (χ1n) is 7.17. The van der Waals surface area contributed by atoms with E-state index in [0.29, 0.717) is 16.2 Å². The van der Waals surface area contributed by atoms with Crippen LogP contribution in [-0.2, 0) is 6.54 Å². The highest BCUT2D eigenvalue weighted by Gasteiger charge is 2.12. The number of aliphatic hydroxyl groups excluding tert-OH is 1. The fourth-order valence-electron chi connectivity index (χ4n) is 2.26. The first-order valence-corrected chi connectivity index (χ1v) is 7.57. The van der Waals surface area contributed by atoms with E-state index in [4.69, 9.17) is 17.0 Å². The Hall–Kier alpha value is -2.58. The van der Waals surface area contributed by atoms with Crippen LogP contribution in [0.2, 0.25) is 0 Å². The quantitative estimate of drug-likeness (QED) is 0.720. The average molecular weight is 346 g/mol. The van der Waals surface area contributed by atoms with Crippen LogP contribution in [-0.4, -0.2) is 31.5 Å². The summed E-state index contributed by atoms with van der Waals surface area (Å²) in [5.41, 5.74) is 1.20. The number of halogens is 1. The molecule has 0 aliphatic carbocycles. The van der Waals surface area contributed by atoms with Gasteiger partial charge in [-0.1, -0.05) is 12.1 Å². The Balaban J connectivity index is 1.83. The van der Waals surface area contributed by atoms with Crippen LogP contribution in [0.1, 0.15) is 11.7 Å². The molecule has 0 radical (unpaired) electrons. The van der Waals surface area contributed by atoms with Gasteiger partial charge in [0.2, 0.25) is 10.7 Å². The number of aliphatic hydroxyl groups is 1. The molecule has 0 aliphatic heterocycles. The van der Waals surface area contributed by atoms with Crippen LogP contribution >= 0.6 is 12.2 Å². The highest BCUT2D eigenvalue weighted by molar-refractivity contribution is 7.71. The van der Waals surface area contributed by atoms with E-state index in [1.54, 1.807) is 48.5 Å². The molecule has 1 atom stereocenters. The number of aromatic nitrogens is 4. The third-order valence-electron chi connectivity index (χ3n) is 3.52. The first kappa shape index (κ1) is 16.3. The van der Waals surface area contributed by atoms with Crippen molar-refractivity contribution in [1.82, 2.24) is 19.3 Å². The predicted molar refractivity (Wildman–Crippen MR) is 88.1 cm³/mol. The summed E-state index contributed by atoms with van der Waals surface area (Å²) in [4.78, 5) is 4.12. The number of hydrogen-bond donors (Lipinski definition) is 1. The van der Waals surface area contributed by atoms with Crippen molar-refractivity contribution in [2.24, 2.45) is 0 Å². The number of pyridine rings is 1. The molecular formula is C16H15FN4O2S. The number of methoxy groups -OCH3 is 1. The van der Waals surface area contributed by atoms with Gasteiger partial charge in [0.1, 0.15) is 12.1 Å². The molecule has 2 heterocycles. The van der Waals surface area contributed by atoms with Crippen molar-refractivity contribution >= 4 is 12.2 Å². The Morgan fingerprint density at radius 3 is 2.83 bits per heavy atom. The monoisotopic (exact) mass is 346 g/mol. The molecule has 0 spiro atoms. The average Bonchev–Trinajstić information content (AvgIpc) is 2.95. The minimum atomic E-state index is -0.912. The predicted octanol–water partition coefficient (Wildman–Crippen LogP) is 2.68. The summed E-state index contributed by atoms with van der Waals surface area (Å²) in [5, 5.41) is 14.4. The second kappa shape index (κ2) is 6.90. The first-order chi connectivity index (χ1) is 11.6. The summed E-state index contributed by atoms with van der Waals surface area (Å²) in [6.07, 6.45) is 2.25. The van der Waals surface area contributed by atoms with Crippen LogP contribution in [0.3, 0.4) is 0 Å². The maximum Gasteiger partial charge on any atom is 0.213 e. The molecule has 1 N–H and O–H groups in total. The molecular weight excluding hydrogens is 331 g/mol. The lowest BCUT2D eigenvalue weighted by atomic mass is 10.1. The van der Waals surface area contributed by atoms with E-state index in [-0.39, 0.29) is 6.54 Å². The number of benzene rings is 1. The number of ether oxygens (including phenoxy) is 1. The fourth-order valence-corrected chi connectivity index (χ4v) is 2.53. The van der Waals surface area contributed by atoms with E-state index >= 15 is 0 Å². The van der Waals surface area contributed by atoms with Crippen molar-refractivity contribution in [3.05, 3.63) is 65.1 Å². The van der Waals surface area contributed by atoms with Crippen LogP contribution < -0.4 is 4.74 Å². The van der Waals surface area contributed by atoms with Gasteiger partial charge in [0.05, 0.1) is 31.6 Å². The molecule has 2 aromatic heterocycles. The largest absolute Gasteiger partial charge is 0.481 e. The second-order valence-corrected chi connectivity index (χ2v) is 5.46. The van der Waals surface area contributed by atoms with Crippen LogP contribution in [0.25, 0.3) is 5.69 Å². The molecule has 0 saturated heterocycles. The molecule has 124 valence electrons. The van der Waals surface area contributed by atoms with Crippen LogP contribution in [0.15, 0.2) is 48.9 Å². The van der Waals surface area contributed by atoms with Gasteiger partial charge in [0.15, 0.2) is 0 Å². The van der Waals surface area contributed by atoms with Gasteiger partial charge in [0, 0.05) is 6.07 Å². The van der Waals surface area contributed by atoms with Gasteiger partial charge in [-0.15, -0.1) is 0 Å². The molecule has 1 unspecified atom stereocenters. The number of rotatable bonds is 5. The number of hydrogen-bond acceptors (Lipinski definition) is 5. The van der Waals surface area contributed by atoms with Gasteiger partial charge in [0.25, 0.3) is 0 Å². The van der Waals surface area contributed by atoms with E-state index in [1.807, 2.05) is 0 Å². The van der Waals surface area contributed by atoms with Crippen molar-refractivity contribution in [3.8, 4) is 11.6 Å². The summed E-state index contributed by atoms with van der Waals surface area (Å²) in [5.74, 6) is 0.101. The minimum Gasteiger partial charge on any atom is -0.481 e. The molecule has 0 fully saturated rings. The molecule has 8 heteroatoms. The highest BCUT2D eigenvalue weighted by atomic mass is 32.1. The van der Waals surface area contributed by atoms with E-state index in [1.165, 1.54) is 16.8 Å². The molecule has 0 saturated carbocycles. The van der Waals surface area contributed by atoms with E-state index in [0.717, 1.165) is 5.69 Å². The van der Waals surface area contributed by atoms with Crippen molar-refractivity contribution in [1.29, 1.82) is 0 Å². The van der Waals surface area contributed by atoms with Gasteiger partial charge >= 0.3 is 0 Å². The normalized spacial score (nSPS) is 12.1. The van der Waals surface area contributed by atoms with Gasteiger partial charge in [-0.25, -0.2) is 14.1 Å². The SMILES string of the molecule is COc1ccc(-n2cnn(CC(O)c3cccc(F)c3)c2=S)cn1. The molecule has 24 heavy (non-hydrogen) atoms. The van der Waals surface area contributed by atoms with E-state index < -0.39 is 11.9 Å². The summed E-state index contributed by atoms with van der Waals surface area (Å²) in [7, 11) is 1.54. The van der Waals surface area contributed by atoms with Crippen molar-refractivity contribution in [3.63, 3.8) is 0 Å². The second-order valence-electron chi connectivity index (χ2n) is 5.10. The van der Waals surface area contributed by atoms with E-state index in [2.05, 4.69) is 10.1 Å². The van der Waals surface area contributed by atoms with Crippen LogP contribution in [0, 0.1) is 10.6 Å². The zero-order valence-corrected chi connectivity index (χ0v) is 13.7. The van der Waals surface area contributed by atoms with Gasteiger partial charge < -0.3 is 9.84 Å². The van der Waals surface area contributed by atoms with Gasteiger partial charge in [-0.05, 0) is 36.0 Å². The van der Waals surface area contributed by atoms with Crippen LogP contribution in [0.4, 0.5) is 4.39 Å². The lowest BCUT2D eigenvalue weighted by Crippen LogP contribution is -2.11. The lowest BCUT2D eigenvalue weighted by Gasteiger charge is -2.11. The minimum absolute atomic E-state index is 0.124. The molecule has 3 rings (SSSR count). The highest BCUT2D eigenvalue weighted by Crippen LogP contribution is 2.17. The van der Waals surface area contributed by atoms with E-state index in [9.17, 15) is 9.50 Å². The molecule has 6 nitrogen and oxygen atoms in total. The van der Waals surface area contributed by atoms with Crippen molar-refractivity contribution in [2.45, 2.75) is 12.6 Å². The zero-order chi connectivity index (χ0) is 17.1. The number of nitrogens with zero attached hydrogens (tertiary/aromatic N) is 4. The summed E-state index contributed by atoms with van der Waals surface area (Å²) >= 11 is 5.38. The molecule has 1 aromatic carbocycles.